The largest absolute Gasteiger partial charge is 0.423 e. The maximum absolute atomic E-state index is 5.94. The highest BCUT2D eigenvalue weighted by molar-refractivity contribution is 9.10. The van der Waals surface area contributed by atoms with E-state index in [9.17, 15) is 0 Å². The van der Waals surface area contributed by atoms with Gasteiger partial charge in [0.2, 0.25) is 0 Å². The smallest absolute Gasteiger partial charge is 0.321 e. The van der Waals surface area contributed by atoms with Crippen LogP contribution in [-0.2, 0) is 0 Å². The molecule has 0 aliphatic heterocycles. The molecule has 2 aromatic rings. The standard InChI is InChI=1S/C10H7BrClN3O/c11-6-4-14-10(15-5-6)16-9-2-1-7(13)3-8(9)12/h1-5H,13H2. The van der Waals surface area contributed by atoms with Gasteiger partial charge in [-0.3, -0.25) is 0 Å². The van der Waals surface area contributed by atoms with Crippen LogP contribution in [-0.4, -0.2) is 9.97 Å². The van der Waals surface area contributed by atoms with E-state index in [1.165, 1.54) is 0 Å². The lowest BCUT2D eigenvalue weighted by atomic mass is 10.3. The molecule has 2 rings (SSSR count). The van der Waals surface area contributed by atoms with E-state index in [0.29, 0.717) is 16.5 Å². The summed E-state index contributed by atoms with van der Waals surface area (Å²) in [5, 5.41) is 0.423. The predicted octanol–water partition coefficient (Wildman–Crippen LogP) is 3.27. The van der Waals surface area contributed by atoms with Crippen molar-refractivity contribution in [3.63, 3.8) is 0 Å². The Labute approximate surface area is 106 Å². The molecular formula is C10H7BrClN3O. The first kappa shape index (κ1) is 11.2. The van der Waals surface area contributed by atoms with Gasteiger partial charge in [0.15, 0.2) is 0 Å². The van der Waals surface area contributed by atoms with Crippen molar-refractivity contribution in [2.75, 3.05) is 5.73 Å². The molecule has 0 radical (unpaired) electrons. The van der Waals surface area contributed by atoms with E-state index in [2.05, 4.69) is 25.9 Å². The van der Waals surface area contributed by atoms with E-state index in [-0.39, 0.29) is 6.01 Å². The molecule has 0 aliphatic rings. The van der Waals surface area contributed by atoms with Crippen molar-refractivity contribution in [1.29, 1.82) is 0 Å². The van der Waals surface area contributed by atoms with Gasteiger partial charge >= 0.3 is 6.01 Å². The summed E-state index contributed by atoms with van der Waals surface area (Å²) < 4.78 is 6.17. The zero-order valence-electron chi connectivity index (χ0n) is 8.02. The average molecular weight is 301 g/mol. The van der Waals surface area contributed by atoms with Crippen molar-refractivity contribution < 1.29 is 4.74 Å². The summed E-state index contributed by atoms with van der Waals surface area (Å²) in [5.41, 5.74) is 6.14. The first-order valence-electron chi connectivity index (χ1n) is 4.35. The Hall–Kier alpha value is -1.33. The number of ether oxygens (including phenoxy) is 1. The van der Waals surface area contributed by atoms with Crippen molar-refractivity contribution >= 4 is 33.2 Å². The van der Waals surface area contributed by atoms with E-state index in [1.54, 1.807) is 30.6 Å². The van der Waals surface area contributed by atoms with Crippen LogP contribution in [0.3, 0.4) is 0 Å². The van der Waals surface area contributed by atoms with Crippen LogP contribution in [0.25, 0.3) is 0 Å². The Morgan fingerprint density at radius 2 is 1.94 bits per heavy atom. The lowest BCUT2D eigenvalue weighted by molar-refractivity contribution is 0.441. The fraction of sp³-hybridized carbons (Fsp3) is 0. The number of hydrogen-bond donors (Lipinski definition) is 1. The molecule has 0 aliphatic carbocycles. The molecule has 82 valence electrons. The molecule has 4 nitrogen and oxygen atoms in total. The van der Waals surface area contributed by atoms with E-state index >= 15 is 0 Å². The van der Waals surface area contributed by atoms with Crippen LogP contribution in [0.5, 0.6) is 11.8 Å². The first-order valence-corrected chi connectivity index (χ1v) is 5.52. The monoisotopic (exact) mass is 299 g/mol. The molecule has 16 heavy (non-hydrogen) atoms. The summed E-state index contributed by atoms with van der Waals surface area (Å²) in [4.78, 5) is 7.93. The Kier molecular flexibility index (Phi) is 3.26. The summed E-state index contributed by atoms with van der Waals surface area (Å²) in [6.07, 6.45) is 3.18. The summed E-state index contributed by atoms with van der Waals surface area (Å²) in [5.74, 6) is 0.471. The van der Waals surface area contributed by atoms with Gasteiger partial charge in [0.25, 0.3) is 0 Å². The summed E-state index contributed by atoms with van der Waals surface area (Å²) in [6.45, 7) is 0. The van der Waals surface area contributed by atoms with Gasteiger partial charge in [-0.2, -0.15) is 0 Å². The summed E-state index contributed by atoms with van der Waals surface area (Å²) in [6, 6.07) is 5.20. The van der Waals surface area contributed by atoms with Crippen LogP contribution in [0.15, 0.2) is 35.1 Å². The number of hydrogen-bond acceptors (Lipinski definition) is 4. The van der Waals surface area contributed by atoms with Gasteiger partial charge in [0, 0.05) is 18.1 Å². The molecule has 0 saturated heterocycles. The van der Waals surface area contributed by atoms with Gasteiger partial charge in [-0.05, 0) is 34.1 Å². The summed E-state index contributed by atoms with van der Waals surface area (Å²) >= 11 is 9.17. The van der Waals surface area contributed by atoms with E-state index in [0.717, 1.165) is 4.47 Å². The molecule has 0 spiro atoms. The van der Waals surface area contributed by atoms with Crippen molar-refractivity contribution in [3.8, 4) is 11.8 Å². The highest BCUT2D eigenvalue weighted by Gasteiger charge is 2.05. The Balaban J connectivity index is 2.23. The van der Waals surface area contributed by atoms with Crippen LogP contribution in [0.2, 0.25) is 5.02 Å². The highest BCUT2D eigenvalue weighted by Crippen LogP contribution is 2.29. The first-order chi connectivity index (χ1) is 7.65. The van der Waals surface area contributed by atoms with Crippen LogP contribution < -0.4 is 10.5 Å². The number of aromatic nitrogens is 2. The van der Waals surface area contributed by atoms with Gasteiger partial charge < -0.3 is 10.5 Å². The van der Waals surface area contributed by atoms with Gasteiger partial charge in [-0.25, -0.2) is 9.97 Å². The maximum atomic E-state index is 5.94. The highest BCUT2D eigenvalue weighted by atomic mass is 79.9. The van der Waals surface area contributed by atoms with Crippen molar-refractivity contribution in [2.24, 2.45) is 0 Å². The van der Waals surface area contributed by atoms with Gasteiger partial charge in [-0.15, -0.1) is 0 Å². The molecule has 1 heterocycles. The van der Waals surface area contributed by atoms with Gasteiger partial charge in [-0.1, -0.05) is 11.6 Å². The number of halogens is 2. The molecular weight excluding hydrogens is 293 g/mol. The molecule has 1 aromatic heterocycles. The number of nitrogen functional groups attached to an aromatic ring is 1. The minimum Gasteiger partial charge on any atom is -0.423 e. The minimum atomic E-state index is 0.231. The fourth-order valence-corrected chi connectivity index (χ4v) is 1.48. The number of rotatable bonds is 2. The van der Waals surface area contributed by atoms with Crippen molar-refractivity contribution in [3.05, 3.63) is 40.1 Å². The van der Waals surface area contributed by atoms with Crippen LogP contribution >= 0.6 is 27.5 Å². The topological polar surface area (TPSA) is 61.0 Å². The molecule has 0 bridgehead atoms. The van der Waals surface area contributed by atoms with Crippen molar-refractivity contribution in [1.82, 2.24) is 9.97 Å². The molecule has 2 N–H and O–H groups in total. The second-order valence-corrected chi connectivity index (χ2v) is 4.30. The SMILES string of the molecule is Nc1ccc(Oc2ncc(Br)cn2)c(Cl)c1. The minimum absolute atomic E-state index is 0.231. The zero-order valence-corrected chi connectivity index (χ0v) is 10.4. The molecule has 6 heteroatoms. The molecule has 1 aromatic carbocycles. The lowest BCUT2D eigenvalue weighted by Crippen LogP contribution is -1.92. The fourth-order valence-electron chi connectivity index (χ4n) is 1.05. The number of nitrogens with two attached hydrogens (primary N) is 1. The van der Waals surface area contributed by atoms with Gasteiger partial charge in [0.05, 0.1) is 9.50 Å². The zero-order chi connectivity index (χ0) is 11.5. The van der Waals surface area contributed by atoms with E-state index in [4.69, 9.17) is 22.1 Å². The maximum Gasteiger partial charge on any atom is 0.321 e. The number of anilines is 1. The number of nitrogens with zero attached hydrogens (tertiary/aromatic N) is 2. The molecule has 0 amide bonds. The molecule has 0 fully saturated rings. The third-order valence-corrected chi connectivity index (χ3v) is 2.46. The van der Waals surface area contributed by atoms with Crippen LogP contribution in [0.4, 0.5) is 5.69 Å². The third-order valence-electron chi connectivity index (χ3n) is 1.75. The molecule has 0 saturated carbocycles. The van der Waals surface area contributed by atoms with Crippen LogP contribution in [0, 0.1) is 0 Å². The second-order valence-electron chi connectivity index (χ2n) is 2.98. The molecule has 0 unspecified atom stereocenters. The Morgan fingerprint density at radius 1 is 1.25 bits per heavy atom. The average Bonchev–Trinajstić information content (AvgIpc) is 2.25. The van der Waals surface area contributed by atoms with Crippen molar-refractivity contribution in [2.45, 2.75) is 0 Å². The van der Waals surface area contributed by atoms with E-state index < -0.39 is 0 Å². The normalized spacial score (nSPS) is 10.1. The number of benzene rings is 1. The molecule has 0 atom stereocenters. The lowest BCUT2D eigenvalue weighted by Gasteiger charge is -2.05. The van der Waals surface area contributed by atoms with Gasteiger partial charge in [0.1, 0.15) is 5.75 Å². The van der Waals surface area contributed by atoms with E-state index in [1.807, 2.05) is 0 Å². The quantitative estimate of drug-likeness (QED) is 0.865. The summed E-state index contributed by atoms with van der Waals surface area (Å²) in [7, 11) is 0. The Bertz CT molecular complexity index is 504. The third kappa shape index (κ3) is 2.62. The van der Waals surface area contributed by atoms with Crippen LogP contribution in [0.1, 0.15) is 0 Å². The Morgan fingerprint density at radius 3 is 2.56 bits per heavy atom. The second kappa shape index (κ2) is 4.67. The predicted molar refractivity (Wildman–Crippen MR) is 65.7 cm³/mol.